The molecule has 0 heterocycles. The van der Waals surface area contributed by atoms with E-state index in [1.807, 2.05) is 83.8 Å². The summed E-state index contributed by atoms with van der Waals surface area (Å²) < 4.78 is 5.03. The maximum Gasteiger partial charge on any atom is 0.404 e. The Kier molecular flexibility index (Phi) is 6.47. The molecule has 3 aromatic rings. The number of para-hydroxylation sites is 2. The molecule has 0 aliphatic carbocycles. The molecule has 0 aliphatic heterocycles. The minimum Gasteiger partial charge on any atom is -0.481 e. The number of nitrogens with two attached hydrogens (primary N) is 1. The predicted molar refractivity (Wildman–Crippen MR) is 111 cm³/mol. The molecule has 0 atom stereocenters. The minimum absolute atomic E-state index is 0.0492. The lowest BCUT2D eigenvalue weighted by atomic mass is 10.1. The largest absolute Gasteiger partial charge is 0.481 e. The predicted octanol–water partition coefficient (Wildman–Crippen LogP) is 4.77. The first-order chi connectivity index (χ1) is 14.0. The highest BCUT2D eigenvalue weighted by molar-refractivity contribution is 5.79. The van der Waals surface area contributed by atoms with Crippen molar-refractivity contribution in [1.29, 1.82) is 0 Å². The zero-order valence-corrected chi connectivity index (χ0v) is 15.8. The number of anilines is 3. The first-order valence-electron chi connectivity index (χ1n) is 9.20. The Morgan fingerprint density at radius 1 is 0.897 bits per heavy atom. The highest BCUT2D eigenvalue weighted by atomic mass is 16.5. The fourth-order valence-corrected chi connectivity index (χ4v) is 3.11. The Morgan fingerprint density at radius 3 is 2.31 bits per heavy atom. The van der Waals surface area contributed by atoms with E-state index >= 15 is 0 Å². The molecule has 0 spiro atoms. The normalized spacial score (nSPS) is 10.3. The number of carboxylic acids is 1. The van der Waals surface area contributed by atoms with Crippen LogP contribution in [0.3, 0.4) is 0 Å². The fraction of sp³-hybridized carbons (Fsp3) is 0.130. The van der Waals surface area contributed by atoms with Crippen LogP contribution in [0, 0.1) is 0 Å². The smallest absolute Gasteiger partial charge is 0.404 e. The first-order valence-corrected chi connectivity index (χ1v) is 9.20. The third-order valence-corrected chi connectivity index (χ3v) is 4.41. The van der Waals surface area contributed by atoms with Gasteiger partial charge >= 0.3 is 12.1 Å². The molecule has 0 unspecified atom stereocenters. The number of carboxylic acid groups (broad SMARTS) is 1. The van der Waals surface area contributed by atoms with E-state index < -0.39 is 12.1 Å². The number of hydrogen-bond donors (Lipinski definition) is 2. The first kappa shape index (κ1) is 19.9. The van der Waals surface area contributed by atoms with Crippen molar-refractivity contribution in [3.8, 4) is 0 Å². The molecule has 0 radical (unpaired) electrons. The van der Waals surface area contributed by atoms with Gasteiger partial charge in [0.05, 0.1) is 5.69 Å². The van der Waals surface area contributed by atoms with E-state index in [4.69, 9.17) is 15.6 Å². The molecular weight excluding hydrogens is 368 g/mol. The zero-order valence-electron chi connectivity index (χ0n) is 15.8. The van der Waals surface area contributed by atoms with Crippen molar-refractivity contribution >= 4 is 29.1 Å². The summed E-state index contributed by atoms with van der Waals surface area (Å²) in [4.78, 5) is 24.1. The van der Waals surface area contributed by atoms with Crippen molar-refractivity contribution in [3.05, 3.63) is 90.0 Å². The molecule has 0 aromatic heterocycles. The van der Waals surface area contributed by atoms with Crippen LogP contribution in [0.5, 0.6) is 0 Å². The molecule has 0 bridgehead atoms. The molecule has 0 saturated heterocycles. The summed E-state index contributed by atoms with van der Waals surface area (Å²) in [6, 6.07) is 25.1. The second-order valence-electron chi connectivity index (χ2n) is 6.47. The Balaban J connectivity index is 2.05. The van der Waals surface area contributed by atoms with E-state index in [-0.39, 0.29) is 13.0 Å². The zero-order chi connectivity index (χ0) is 20.6. The van der Waals surface area contributed by atoms with Gasteiger partial charge in [-0.15, -0.1) is 0 Å². The number of benzene rings is 3. The number of aliphatic carboxylic acids is 1. The number of carbonyl (C=O) groups excluding carboxylic acids is 1. The molecule has 1 amide bonds. The molecular formula is C23H22N2O4. The van der Waals surface area contributed by atoms with E-state index in [0.29, 0.717) is 6.42 Å². The van der Waals surface area contributed by atoms with Gasteiger partial charge in [-0.3, -0.25) is 4.79 Å². The molecule has 3 rings (SSSR count). The Labute approximate surface area is 169 Å². The van der Waals surface area contributed by atoms with E-state index in [1.165, 1.54) is 0 Å². The highest BCUT2D eigenvalue weighted by Crippen LogP contribution is 2.37. The monoisotopic (exact) mass is 390 g/mol. The lowest BCUT2D eigenvalue weighted by molar-refractivity contribution is -0.136. The molecule has 0 saturated carbocycles. The van der Waals surface area contributed by atoms with Crippen LogP contribution in [0.4, 0.5) is 21.9 Å². The van der Waals surface area contributed by atoms with Gasteiger partial charge in [0.1, 0.15) is 6.61 Å². The second kappa shape index (κ2) is 9.41. The van der Waals surface area contributed by atoms with Gasteiger partial charge in [-0.25, -0.2) is 4.79 Å². The molecule has 3 N–H and O–H groups in total. The lowest BCUT2D eigenvalue weighted by Crippen LogP contribution is -2.16. The highest BCUT2D eigenvalue weighted by Gasteiger charge is 2.16. The van der Waals surface area contributed by atoms with E-state index in [1.54, 1.807) is 0 Å². The van der Waals surface area contributed by atoms with Gasteiger partial charge in [0.25, 0.3) is 0 Å². The van der Waals surface area contributed by atoms with Crippen molar-refractivity contribution in [1.82, 2.24) is 0 Å². The standard InChI is InChI=1S/C23H22N2O4/c24-23(28)29-16-18-8-4-5-12-21(18)25(19-9-2-1-3-10-19)20-11-6-7-17(15-20)13-14-22(26)27/h1-12,15H,13-14,16H2,(H2,24,28)(H,26,27). The van der Waals surface area contributed by atoms with Gasteiger partial charge in [-0.05, 0) is 42.3 Å². The molecule has 0 aliphatic rings. The van der Waals surface area contributed by atoms with E-state index in [0.717, 1.165) is 28.2 Å². The van der Waals surface area contributed by atoms with Gasteiger partial charge < -0.3 is 20.5 Å². The number of aryl methyl sites for hydroxylation is 1. The number of carbonyl (C=O) groups is 2. The van der Waals surface area contributed by atoms with Crippen LogP contribution < -0.4 is 10.6 Å². The van der Waals surface area contributed by atoms with Crippen LogP contribution in [0.2, 0.25) is 0 Å². The van der Waals surface area contributed by atoms with E-state index in [2.05, 4.69) is 0 Å². The number of amides is 1. The summed E-state index contributed by atoms with van der Waals surface area (Å²) in [5.41, 5.74) is 9.52. The quantitative estimate of drug-likeness (QED) is 0.578. The van der Waals surface area contributed by atoms with Gasteiger partial charge in [-0.1, -0.05) is 48.5 Å². The lowest BCUT2D eigenvalue weighted by Gasteiger charge is -2.28. The van der Waals surface area contributed by atoms with Crippen LogP contribution in [-0.4, -0.2) is 17.2 Å². The van der Waals surface area contributed by atoms with Crippen molar-refractivity contribution in [2.24, 2.45) is 5.73 Å². The number of nitrogens with zero attached hydrogens (tertiary/aromatic N) is 1. The van der Waals surface area contributed by atoms with Crippen molar-refractivity contribution in [2.75, 3.05) is 4.90 Å². The SMILES string of the molecule is NC(=O)OCc1ccccc1N(c1ccccc1)c1cccc(CCC(=O)O)c1. The van der Waals surface area contributed by atoms with Crippen LogP contribution in [0.25, 0.3) is 0 Å². The third kappa shape index (κ3) is 5.35. The Morgan fingerprint density at radius 2 is 1.59 bits per heavy atom. The Hall–Kier alpha value is -3.80. The van der Waals surface area contributed by atoms with Crippen molar-refractivity contribution in [3.63, 3.8) is 0 Å². The molecule has 3 aromatic carbocycles. The fourth-order valence-electron chi connectivity index (χ4n) is 3.11. The summed E-state index contributed by atoms with van der Waals surface area (Å²) in [6.07, 6.45) is -0.322. The molecule has 29 heavy (non-hydrogen) atoms. The van der Waals surface area contributed by atoms with Gasteiger partial charge in [0.2, 0.25) is 0 Å². The van der Waals surface area contributed by atoms with Crippen LogP contribution >= 0.6 is 0 Å². The van der Waals surface area contributed by atoms with Crippen molar-refractivity contribution < 1.29 is 19.4 Å². The number of rotatable bonds is 8. The number of ether oxygens (including phenoxy) is 1. The summed E-state index contributed by atoms with van der Waals surface area (Å²) in [5, 5.41) is 8.99. The van der Waals surface area contributed by atoms with E-state index in [9.17, 15) is 9.59 Å². The summed E-state index contributed by atoms with van der Waals surface area (Å²) >= 11 is 0. The summed E-state index contributed by atoms with van der Waals surface area (Å²) in [7, 11) is 0. The van der Waals surface area contributed by atoms with Crippen molar-refractivity contribution in [2.45, 2.75) is 19.4 Å². The van der Waals surface area contributed by atoms with Gasteiger partial charge in [0.15, 0.2) is 0 Å². The van der Waals surface area contributed by atoms with Gasteiger partial charge in [-0.2, -0.15) is 0 Å². The maximum absolute atomic E-state index is 11.1. The third-order valence-electron chi connectivity index (χ3n) is 4.41. The average molecular weight is 390 g/mol. The molecule has 6 heteroatoms. The minimum atomic E-state index is -0.832. The molecule has 6 nitrogen and oxygen atoms in total. The molecule has 0 fully saturated rings. The molecule has 148 valence electrons. The Bertz CT molecular complexity index is 989. The maximum atomic E-state index is 11.1. The average Bonchev–Trinajstić information content (AvgIpc) is 2.73. The topological polar surface area (TPSA) is 92.9 Å². The number of primary amides is 1. The second-order valence-corrected chi connectivity index (χ2v) is 6.47. The van der Waals surface area contributed by atoms with Crippen LogP contribution in [-0.2, 0) is 22.6 Å². The number of hydrogen-bond acceptors (Lipinski definition) is 4. The van der Waals surface area contributed by atoms with Gasteiger partial charge in [0, 0.05) is 23.4 Å². The summed E-state index contributed by atoms with van der Waals surface area (Å²) in [6.45, 7) is 0.0492. The van der Waals surface area contributed by atoms with Crippen LogP contribution in [0.15, 0.2) is 78.9 Å². The van der Waals surface area contributed by atoms with Crippen LogP contribution in [0.1, 0.15) is 17.5 Å². The summed E-state index contributed by atoms with van der Waals surface area (Å²) in [5.74, 6) is -0.829.